The van der Waals surface area contributed by atoms with Gasteiger partial charge in [-0.1, -0.05) is 346 Å². The lowest BCUT2D eigenvalue weighted by Gasteiger charge is -2.57. The zero-order valence-electron chi connectivity index (χ0n) is 90.1. The van der Waals surface area contributed by atoms with E-state index in [0.29, 0.717) is 96.1 Å². The fraction of sp³-hybridized carbons (Fsp3) is 0.750. The van der Waals surface area contributed by atoms with E-state index in [4.69, 9.17) is 44.2 Å². The lowest BCUT2D eigenvalue weighted by Crippen LogP contribution is -2.52. The van der Waals surface area contributed by atoms with Gasteiger partial charge in [0.15, 0.2) is 0 Å². The van der Waals surface area contributed by atoms with Crippen molar-refractivity contribution < 1.29 is 53.3 Å². The minimum absolute atomic E-state index is 0.00694. The zero-order valence-corrected chi connectivity index (χ0v) is 88.7. The molecule has 0 spiro atoms. The van der Waals surface area contributed by atoms with Gasteiger partial charge in [-0.25, -0.2) is 0 Å². The zero-order chi connectivity index (χ0) is 101. The average molecular weight is 1960 g/mol. The molecule has 9 unspecified atom stereocenters. The summed E-state index contributed by atoms with van der Waals surface area (Å²) >= 11 is 8.84. The molecule has 0 aromatic rings. The van der Waals surface area contributed by atoms with E-state index in [1.165, 1.54) is 91.8 Å². The number of hydrogen-bond donors (Lipinski definition) is 2. The van der Waals surface area contributed by atoms with Gasteiger partial charge in [-0.3, -0.25) is 4.79 Å². The summed E-state index contributed by atoms with van der Waals surface area (Å²) in [5.41, 5.74) is 17.9. The number of fused-ring (bicyclic) bond motifs is 20. The molecule has 8 fully saturated rings. The molecule has 29 atom stereocenters. The molecule has 0 amide bonds. The molecule has 0 heterocycles. The molecule has 8 radical (unpaired) electrons. The lowest BCUT2D eigenvalue weighted by molar-refractivity contribution is -0.119. The van der Waals surface area contributed by atoms with Gasteiger partial charge in [0.1, 0.15) is 12.1 Å². The van der Waals surface area contributed by atoms with Crippen molar-refractivity contribution >= 4 is 164 Å². The fourth-order valence-electron chi connectivity index (χ4n) is 30.2. The predicted octanol–water partition coefficient (Wildman–Crippen LogP) is 24.0. The number of carbonyl (C=O) groups excluding carboxylic acids is 2. The quantitative estimate of drug-likeness (QED) is 0.0258. The molecule has 716 valence electrons. The van der Waals surface area contributed by atoms with E-state index in [1.807, 2.05) is 6.92 Å². The van der Waals surface area contributed by atoms with Gasteiger partial charge < -0.3 is 48.5 Å². The maximum Gasteiger partial charge on any atom is 0.209 e. The Morgan fingerprint density at radius 3 is 0.970 bits per heavy atom. The van der Waals surface area contributed by atoms with E-state index < -0.39 is 5.60 Å². The number of ketones is 1. The van der Waals surface area contributed by atoms with E-state index in [-0.39, 0.29) is 98.3 Å². The van der Waals surface area contributed by atoms with Crippen LogP contribution in [-0.2, 0) is 43.1 Å². The smallest absolute Gasteiger partial charge is 0.209 e. The molecule has 0 aromatic heterocycles. The number of rotatable bonds is 44. The van der Waals surface area contributed by atoms with Crippen LogP contribution in [-0.4, -0.2) is 150 Å². The maximum atomic E-state index is 12.0. The molecule has 16 aliphatic rings. The normalized spacial score (nSPS) is 39.4. The van der Waals surface area contributed by atoms with Gasteiger partial charge in [0.2, 0.25) is 56.7 Å². The number of aliphatic hydroxyl groups is 2. The van der Waals surface area contributed by atoms with Gasteiger partial charge >= 0.3 is 0 Å². The van der Waals surface area contributed by atoms with Crippen LogP contribution < -0.4 is 0 Å². The van der Waals surface area contributed by atoms with Crippen molar-refractivity contribution in [2.24, 2.45) is 114 Å². The van der Waals surface area contributed by atoms with Crippen LogP contribution in [0.25, 0.3) is 0 Å². The Morgan fingerprint density at radius 1 is 0.417 bits per heavy atom. The van der Waals surface area contributed by atoms with Crippen LogP contribution in [0.15, 0.2) is 140 Å². The largest absolute Gasteiger partial charge is 0.393 e. The number of hydrogen-bond acceptors (Lipinski definition) is 20. The van der Waals surface area contributed by atoms with Crippen molar-refractivity contribution in [3.8, 4) is 0 Å². The van der Waals surface area contributed by atoms with Crippen LogP contribution in [0, 0.1) is 114 Å². The number of allylic oxidation sites excluding steroid dienone is 20. The summed E-state index contributed by atoms with van der Waals surface area (Å²) in [5.74, 6) is 6.07. The summed E-state index contributed by atoms with van der Waals surface area (Å²) in [6.45, 7) is 37.0. The minimum atomic E-state index is -0.531. The molecule has 8 saturated carbocycles. The van der Waals surface area contributed by atoms with E-state index in [9.17, 15) is 19.8 Å². The maximum absolute atomic E-state index is 12.0. The molecule has 0 aliphatic heterocycles. The number of carbonyl (C=O) groups is 2. The summed E-state index contributed by atoms with van der Waals surface area (Å²) < 4.78 is 108. The summed E-state index contributed by atoms with van der Waals surface area (Å²) in [7, 11) is 10.00. The first-order valence-corrected chi connectivity index (χ1v) is 56.6. The molecular weight excluding hydrogens is 1780 g/mol. The monoisotopic (exact) mass is 1960 g/mol. The van der Waals surface area contributed by atoms with Crippen LogP contribution in [0.1, 0.15) is 316 Å². The molecule has 0 saturated heterocycles. The molecule has 0 bridgehead atoms. The van der Waals surface area contributed by atoms with Crippen molar-refractivity contribution in [3.05, 3.63) is 140 Å². The van der Waals surface area contributed by atoms with Crippen LogP contribution in [0.2, 0.25) is 0 Å². The molecular formula is C104H156B8O12S8. The van der Waals surface area contributed by atoms with Crippen molar-refractivity contribution in [1.82, 2.24) is 0 Å². The van der Waals surface area contributed by atoms with Gasteiger partial charge in [-0.2, -0.15) is 0 Å². The molecule has 16 rings (SSSR count). The SMILES string of the molecule is [3H][B]SO[C@@H]1CC2=CC=C3C(CC[C@]4(C)C([C@@H](C)CCC(=O)CC)=CCC34)[C@@]2(C)[C@@H](OS[B][3H])C1.[3H][B]SO[C@@H]1CC2=CC=C3C(CC[C@]4(C)C([C@@H](C)CCC(O)(CC)CC)=CCC34)[C@@]2(C)[C@@H](OS[B][3H])C1.[3H][B]SO[C@@H]1CC2=CC=C3C(CC[C@]4(C)C([C@@H](C)CCC(O)CC)=CCC34)[C@@]2(C)[C@@H](OS[B][3H])C1.[3H][B]SO[C@@H]1CC2=CC=C3C(CC[C@]4(C)C([C@@H](C)CCC=O)=CCC34)[C@@]2(C)[C@@H](OS[B][3H])C1. The summed E-state index contributed by atoms with van der Waals surface area (Å²) in [4.78, 5) is 22.9. The Balaban J connectivity index is 0.000000157. The van der Waals surface area contributed by atoms with E-state index >= 15 is 0 Å². The number of Topliss-reactive ketones (excluding diaryl/α,β-unsaturated/α-hetero) is 1. The van der Waals surface area contributed by atoms with Crippen molar-refractivity contribution in [3.63, 3.8) is 0 Å². The molecule has 132 heavy (non-hydrogen) atoms. The van der Waals surface area contributed by atoms with Gasteiger partial charge in [0.05, 0.1) is 60.5 Å². The third-order valence-corrected chi connectivity index (χ3v) is 41.2. The average Bonchev–Trinajstić information content (AvgIpc) is 1.41. The van der Waals surface area contributed by atoms with Crippen LogP contribution >= 0.6 is 95.2 Å². The van der Waals surface area contributed by atoms with Crippen LogP contribution in [0.3, 0.4) is 0 Å². The summed E-state index contributed by atoms with van der Waals surface area (Å²) in [5, 5.41) is 21.0. The molecule has 12 nitrogen and oxygen atoms in total. The standard InChI is InChI=1S/C28H44B2O3S2.C26H40B2O3S2.C26H38B2O3S2.C24H34B2O3S2/c1-6-28(31,7-2)15-12-18(3)22-10-11-23-21-9-8-19-16-20(32-34-29)17-25(33-35-30)27(19,5)24(21)13-14-26(22,23)4;2*1-5-18(29)8-6-16(2)21-10-11-22-20-9-7-17-14-19(30-32-27)15-24(31-33-28)26(17,4)23(20)12-13-25(21,22)3;1-15(5-4-12-27)19-8-9-20-18-7-6-16-13-17(28-30-25)14-22(29-31-26)24(16,3)21(18)10-11-23(19,20)2/h8-10,18,20,23-25,29-31H,6-7,11-17H2,1-5H3;7,9-10,16,18-19,22-24,27-29H,5-6,8,11-15H2,1-4H3;7,9-10,16,19,22-24,27-28H,5-6,8,11-15H2,1-4H3;6-8,12,15,17,20-22,25-26H,4-5,9-11,13-14H2,1-3H3/t18-,20+,23?,24?,25-,26+,27-;16-,18?,19+,22?,23?,24-,25+,26-;16-,19+,22?,23?,24-,25+,26-;15-,17+,20?,21?,22-,23+,24-/m0000/s1/i29T,30T;2*27T,28T;25T,26T. The van der Waals surface area contributed by atoms with Crippen LogP contribution in [0.5, 0.6) is 0 Å². The highest BCUT2D eigenvalue weighted by atomic mass is 32.2. The molecule has 2 N–H and O–H groups in total. The highest BCUT2D eigenvalue weighted by Crippen LogP contribution is 2.72. The van der Waals surface area contributed by atoms with Crippen molar-refractivity contribution in [2.75, 3.05) is 0 Å². The summed E-state index contributed by atoms with van der Waals surface area (Å²) in [6, 6.07) is 0. The fourth-order valence-corrected chi connectivity index (χ4v) is 33.1. The number of aliphatic hydroxyl groups excluding tert-OH is 1. The van der Waals surface area contributed by atoms with Crippen molar-refractivity contribution in [2.45, 2.75) is 377 Å². The second kappa shape index (κ2) is 46.5. The Bertz CT molecular complexity index is 4620. The first-order chi connectivity index (χ1) is 67.1. The Kier molecular flexibility index (Phi) is 34.2. The van der Waals surface area contributed by atoms with E-state index in [1.54, 1.807) is 44.6 Å². The summed E-state index contributed by atoms with van der Waals surface area (Å²) in [6.07, 6.45) is 60.1. The van der Waals surface area contributed by atoms with Gasteiger partial charge in [0, 0.05) is 66.6 Å². The third-order valence-electron chi connectivity index (χ3n) is 38.3. The topological polar surface area (TPSA) is 148 Å². The highest BCUT2D eigenvalue weighted by molar-refractivity contribution is 8.17. The van der Waals surface area contributed by atoms with Crippen LogP contribution in [0.4, 0.5) is 0 Å². The van der Waals surface area contributed by atoms with Gasteiger partial charge in [0.25, 0.3) is 0 Å². The highest BCUT2D eigenvalue weighted by Gasteiger charge is 2.64. The second-order valence-corrected chi connectivity index (χ2v) is 47.1. The van der Waals surface area contributed by atoms with Crippen molar-refractivity contribution in [1.29, 1.82) is 10.7 Å². The minimum Gasteiger partial charge on any atom is -0.393 e. The van der Waals surface area contributed by atoms with E-state index in [0.717, 1.165) is 275 Å². The van der Waals surface area contributed by atoms with Gasteiger partial charge in [-0.15, -0.1) is 0 Å². The Labute approximate surface area is 852 Å². The lowest BCUT2D eigenvalue weighted by atomic mass is 9.49. The first kappa shape index (κ1) is 97.2. The molecule has 0 aromatic carbocycles. The molecule has 16 aliphatic carbocycles. The second-order valence-electron chi connectivity index (χ2n) is 44.0. The van der Waals surface area contributed by atoms with E-state index in [2.05, 4.69) is 177 Å². The van der Waals surface area contributed by atoms with Gasteiger partial charge in [-0.05, 0) is 264 Å². The Hall–Kier alpha value is -0.861. The third kappa shape index (κ3) is 21.1. The molecule has 28 heteroatoms. The number of aldehydes is 1. The first-order valence-electron chi connectivity index (χ1n) is 54.8. The Morgan fingerprint density at radius 2 is 0.697 bits per heavy atom. The predicted molar refractivity (Wildman–Crippen MR) is 576 cm³/mol.